The van der Waals surface area contributed by atoms with Crippen LogP contribution in [0.15, 0.2) is 34.9 Å². The molecule has 23 heavy (non-hydrogen) atoms. The third kappa shape index (κ3) is 4.47. The first-order valence-electron chi connectivity index (χ1n) is 8.41. The van der Waals surface area contributed by atoms with Gasteiger partial charge >= 0.3 is 0 Å². The Bertz CT molecular complexity index is 604. The third-order valence-corrected chi connectivity index (χ3v) is 5.21. The molecule has 1 aliphatic carbocycles. The molecule has 0 aromatic heterocycles. The van der Waals surface area contributed by atoms with E-state index in [1.165, 1.54) is 43.9 Å². The topological polar surface area (TPSA) is 54.4 Å². The lowest BCUT2D eigenvalue weighted by Crippen LogP contribution is -2.20. The number of aliphatic hydroxyl groups excluding tert-OH is 1. The van der Waals surface area contributed by atoms with Crippen LogP contribution < -0.4 is 0 Å². The fraction of sp³-hybridized carbons (Fsp3) is 0.474. The molecule has 4 heteroatoms. The Kier molecular flexibility index (Phi) is 6.90. The number of ketones is 2. The second-order valence-electron chi connectivity index (χ2n) is 5.85. The highest BCUT2D eigenvalue weighted by Gasteiger charge is 2.31. The predicted octanol–water partition coefficient (Wildman–Crippen LogP) is 5.32. The summed E-state index contributed by atoms with van der Waals surface area (Å²) < 4.78 is 0. The van der Waals surface area contributed by atoms with Gasteiger partial charge in [-0.3, -0.25) is 9.59 Å². The second kappa shape index (κ2) is 8.92. The van der Waals surface area contributed by atoms with Gasteiger partial charge in [-0.05, 0) is 12.2 Å². The number of rotatable bonds is 9. The minimum Gasteiger partial charge on any atom is -0.503 e. The minimum absolute atomic E-state index is 0.208. The highest BCUT2D eigenvalue weighted by Crippen LogP contribution is 2.32. The molecule has 1 N–H and O–H groups in total. The summed E-state index contributed by atoms with van der Waals surface area (Å²) in [4.78, 5) is 24.8. The van der Waals surface area contributed by atoms with E-state index in [1.807, 2.05) is 0 Å². The molecular formula is C19H24O3S. The molecule has 0 saturated carbocycles. The van der Waals surface area contributed by atoms with Crippen molar-refractivity contribution in [1.82, 2.24) is 0 Å². The lowest BCUT2D eigenvalue weighted by molar-refractivity contribution is 0.0936. The number of thioether (sulfide) groups is 1. The van der Waals surface area contributed by atoms with Crippen molar-refractivity contribution in [2.45, 2.75) is 51.9 Å². The van der Waals surface area contributed by atoms with Crippen molar-refractivity contribution < 1.29 is 14.7 Å². The maximum Gasteiger partial charge on any atom is 0.229 e. The molecule has 0 amide bonds. The number of carbonyl (C=O) groups is 2. The number of carbonyl (C=O) groups excluding carboxylic acids is 2. The highest BCUT2D eigenvalue weighted by molar-refractivity contribution is 8.04. The van der Waals surface area contributed by atoms with Crippen molar-refractivity contribution >= 4 is 23.3 Å². The first kappa shape index (κ1) is 17.8. The molecule has 1 aliphatic rings. The van der Waals surface area contributed by atoms with Gasteiger partial charge in [-0.25, -0.2) is 0 Å². The summed E-state index contributed by atoms with van der Waals surface area (Å²) in [6, 6.07) is 6.68. The van der Waals surface area contributed by atoms with Crippen LogP contribution in [0.25, 0.3) is 0 Å². The smallest absolute Gasteiger partial charge is 0.229 e. The number of hydrogen-bond acceptors (Lipinski definition) is 4. The maximum absolute atomic E-state index is 12.4. The molecule has 0 radical (unpaired) electrons. The van der Waals surface area contributed by atoms with Gasteiger partial charge in [0.1, 0.15) is 4.91 Å². The van der Waals surface area contributed by atoms with E-state index in [9.17, 15) is 14.7 Å². The Morgan fingerprint density at radius 1 is 0.870 bits per heavy atom. The van der Waals surface area contributed by atoms with Crippen LogP contribution in [0.5, 0.6) is 0 Å². The SMILES string of the molecule is CCCCCCCCCSC1=C(O)C(=O)c2ccccc2C1=O. The van der Waals surface area contributed by atoms with Gasteiger partial charge in [0.25, 0.3) is 0 Å². The van der Waals surface area contributed by atoms with Crippen LogP contribution in [-0.2, 0) is 0 Å². The number of aliphatic hydroxyl groups is 1. The van der Waals surface area contributed by atoms with E-state index in [4.69, 9.17) is 0 Å². The van der Waals surface area contributed by atoms with Crippen LogP contribution in [0.1, 0.15) is 72.6 Å². The average Bonchev–Trinajstić information content (AvgIpc) is 2.58. The van der Waals surface area contributed by atoms with Crippen molar-refractivity contribution in [3.05, 3.63) is 46.1 Å². The van der Waals surface area contributed by atoms with Crippen LogP contribution >= 0.6 is 11.8 Å². The quantitative estimate of drug-likeness (QED) is 0.622. The summed E-state index contributed by atoms with van der Waals surface area (Å²) >= 11 is 1.31. The predicted molar refractivity (Wildman–Crippen MR) is 95.2 cm³/mol. The monoisotopic (exact) mass is 332 g/mol. The van der Waals surface area contributed by atoms with Crippen LogP contribution in [0.2, 0.25) is 0 Å². The van der Waals surface area contributed by atoms with Gasteiger partial charge in [-0.2, -0.15) is 0 Å². The zero-order valence-corrected chi connectivity index (χ0v) is 14.5. The Morgan fingerprint density at radius 3 is 2.09 bits per heavy atom. The zero-order valence-electron chi connectivity index (χ0n) is 13.6. The molecule has 0 unspecified atom stereocenters. The lowest BCUT2D eigenvalue weighted by atomic mass is 9.93. The molecule has 0 fully saturated rings. The third-order valence-electron chi connectivity index (χ3n) is 4.05. The molecule has 0 heterocycles. The zero-order chi connectivity index (χ0) is 16.7. The van der Waals surface area contributed by atoms with Gasteiger partial charge in [0.05, 0.1) is 0 Å². The summed E-state index contributed by atoms with van der Waals surface area (Å²) in [5.74, 6) is -0.302. The van der Waals surface area contributed by atoms with Crippen molar-refractivity contribution in [2.75, 3.05) is 5.75 Å². The van der Waals surface area contributed by atoms with Gasteiger partial charge in [0, 0.05) is 11.1 Å². The van der Waals surface area contributed by atoms with Crippen molar-refractivity contribution in [1.29, 1.82) is 0 Å². The average molecular weight is 332 g/mol. The first-order valence-corrected chi connectivity index (χ1v) is 9.39. The van der Waals surface area contributed by atoms with Crippen LogP contribution in [0.3, 0.4) is 0 Å². The molecule has 3 nitrogen and oxygen atoms in total. The molecule has 0 bridgehead atoms. The van der Waals surface area contributed by atoms with E-state index in [-0.39, 0.29) is 16.4 Å². The van der Waals surface area contributed by atoms with Crippen molar-refractivity contribution in [3.8, 4) is 0 Å². The van der Waals surface area contributed by atoms with Gasteiger partial charge in [-0.1, -0.05) is 69.7 Å². The summed E-state index contributed by atoms with van der Waals surface area (Å²) in [7, 11) is 0. The Hall–Kier alpha value is -1.55. The molecule has 0 atom stereocenters. The van der Waals surface area contributed by atoms with E-state index in [1.54, 1.807) is 24.3 Å². The molecular weight excluding hydrogens is 308 g/mol. The van der Waals surface area contributed by atoms with E-state index in [2.05, 4.69) is 6.92 Å². The summed E-state index contributed by atoms with van der Waals surface area (Å²) in [6.45, 7) is 2.21. The summed E-state index contributed by atoms with van der Waals surface area (Å²) in [5.41, 5.74) is 0.702. The lowest BCUT2D eigenvalue weighted by Gasteiger charge is -2.16. The van der Waals surface area contributed by atoms with E-state index < -0.39 is 5.78 Å². The number of benzene rings is 1. The highest BCUT2D eigenvalue weighted by atomic mass is 32.2. The number of hydrogen-bond donors (Lipinski definition) is 1. The fourth-order valence-electron chi connectivity index (χ4n) is 2.71. The molecule has 124 valence electrons. The van der Waals surface area contributed by atoms with Crippen molar-refractivity contribution in [3.63, 3.8) is 0 Å². The van der Waals surface area contributed by atoms with E-state index in [0.717, 1.165) is 18.6 Å². The summed E-state index contributed by atoms with van der Waals surface area (Å²) in [5, 5.41) is 10.0. The molecule has 1 aromatic carbocycles. The molecule has 1 aromatic rings. The summed E-state index contributed by atoms with van der Waals surface area (Å²) in [6.07, 6.45) is 8.44. The molecule has 0 saturated heterocycles. The Morgan fingerprint density at radius 2 is 1.43 bits per heavy atom. The van der Waals surface area contributed by atoms with Gasteiger partial charge in [0.15, 0.2) is 5.76 Å². The fourth-order valence-corrected chi connectivity index (χ4v) is 3.73. The normalized spacial score (nSPS) is 14.3. The maximum atomic E-state index is 12.4. The van der Waals surface area contributed by atoms with Crippen LogP contribution in [-0.4, -0.2) is 22.4 Å². The number of unbranched alkanes of at least 4 members (excludes halogenated alkanes) is 6. The number of fused-ring (bicyclic) bond motifs is 1. The number of Topliss-reactive ketones (excluding diaryl/α,β-unsaturated/α-hetero) is 2. The first-order chi connectivity index (χ1) is 11.2. The van der Waals surface area contributed by atoms with Crippen LogP contribution in [0.4, 0.5) is 0 Å². The van der Waals surface area contributed by atoms with Gasteiger partial charge in [-0.15, -0.1) is 11.8 Å². The second-order valence-corrected chi connectivity index (χ2v) is 6.96. The standard InChI is InChI=1S/C19H24O3S/c1-2-3-4-5-6-7-10-13-23-19-17(21)15-12-9-8-11-14(15)16(20)18(19)22/h8-9,11-12,22H,2-7,10,13H2,1H3. The molecule has 0 spiro atoms. The molecule has 2 rings (SSSR count). The Balaban J connectivity index is 1.85. The number of allylic oxidation sites excluding steroid dienone is 2. The largest absolute Gasteiger partial charge is 0.503 e. The van der Waals surface area contributed by atoms with E-state index >= 15 is 0 Å². The van der Waals surface area contributed by atoms with E-state index in [0.29, 0.717) is 11.1 Å². The molecule has 0 aliphatic heterocycles. The van der Waals surface area contributed by atoms with Crippen LogP contribution in [0, 0.1) is 0 Å². The Labute approximate surface area is 142 Å². The van der Waals surface area contributed by atoms with Gasteiger partial charge in [0.2, 0.25) is 11.6 Å². The van der Waals surface area contributed by atoms with Crippen molar-refractivity contribution in [2.24, 2.45) is 0 Å². The minimum atomic E-state index is -0.442. The van der Waals surface area contributed by atoms with Gasteiger partial charge < -0.3 is 5.11 Å².